The molecule has 1 atom stereocenters. The van der Waals surface area contributed by atoms with Gasteiger partial charge in [-0.3, -0.25) is 4.79 Å². The van der Waals surface area contributed by atoms with Crippen LogP contribution in [-0.4, -0.2) is 51.2 Å². The van der Waals surface area contributed by atoms with Gasteiger partial charge in [-0.2, -0.15) is 0 Å². The summed E-state index contributed by atoms with van der Waals surface area (Å²) in [6.45, 7) is 1.54. The molecular formula is C14H21ClN2O3. The maximum Gasteiger partial charge on any atom is 0.254 e. The van der Waals surface area contributed by atoms with Gasteiger partial charge in [0.15, 0.2) is 11.5 Å². The summed E-state index contributed by atoms with van der Waals surface area (Å²) in [5.74, 6) is 1.25. The maximum atomic E-state index is 12.4. The number of carbonyl (C=O) groups is 1. The Bertz CT molecular complexity index is 468. The molecule has 0 aromatic heterocycles. The Morgan fingerprint density at radius 1 is 1.30 bits per heavy atom. The molecule has 1 aliphatic heterocycles. The number of benzene rings is 1. The van der Waals surface area contributed by atoms with Crippen LogP contribution in [0.2, 0.25) is 0 Å². The van der Waals surface area contributed by atoms with Gasteiger partial charge in [-0.05, 0) is 31.7 Å². The number of likely N-dealkylation sites (tertiary alicyclic amines) is 1. The quantitative estimate of drug-likeness (QED) is 0.917. The zero-order valence-electron chi connectivity index (χ0n) is 12.0. The Labute approximate surface area is 125 Å². The van der Waals surface area contributed by atoms with E-state index < -0.39 is 0 Å². The van der Waals surface area contributed by atoms with Crippen LogP contribution in [0.5, 0.6) is 11.5 Å². The zero-order valence-corrected chi connectivity index (χ0v) is 12.8. The van der Waals surface area contributed by atoms with Crippen LogP contribution in [0, 0.1) is 0 Å². The van der Waals surface area contributed by atoms with Crippen LogP contribution < -0.4 is 14.8 Å². The highest BCUT2D eigenvalue weighted by molar-refractivity contribution is 5.95. The number of amides is 1. The lowest BCUT2D eigenvalue weighted by atomic mass is 10.1. The second-order valence-corrected chi connectivity index (χ2v) is 4.60. The average Bonchev–Trinajstić information content (AvgIpc) is 2.94. The second kappa shape index (κ2) is 7.36. The number of hydrogen-bond donors (Lipinski definition) is 1. The average molecular weight is 301 g/mol. The first-order valence-electron chi connectivity index (χ1n) is 6.38. The molecule has 1 aliphatic rings. The lowest BCUT2D eigenvalue weighted by Crippen LogP contribution is -2.33. The van der Waals surface area contributed by atoms with Crippen molar-refractivity contribution in [3.8, 4) is 11.5 Å². The minimum atomic E-state index is 0. The van der Waals surface area contributed by atoms with Crippen molar-refractivity contribution >= 4 is 18.3 Å². The summed E-state index contributed by atoms with van der Waals surface area (Å²) in [5, 5.41) is 3.20. The van der Waals surface area contributed by atoms with Gasteiger partial charge in [0.1, 0.15) is 0 Å². The van der Waals surface area contributed by atoms with Gasteiger partial charge in [0.2, 0.25) is 0 Å². The standard InChI is InChI=1S/C14H20N2O3.ClH/c1-15-11-6-7-16(9-11)14(17)10-4-5-12(18-2)13(8-10)19-3;/h4-5,8,11,15H,6-7,9H2,1-3H3;1H. The summed E-state index contributed by atoms with van der Waals surface area (Å²) in [6.07, 6.45) is 0.996. The molecule has 1 fully saturated rings. The number of nitrogens with zero attached hydrogens (tertiary/aromatic N) is 1. The van der Waals surface area contributed by atoms with Crippen molar-refractivity contribution in [2.24, 2.45) is 0 Å². The molecule has 0 saturated carbocycles. The van der Waals surface area contributed by atoms with Crippen LogP contribution in [0.15, 0.2) is 18.2 Å². The molecule has 1 unspecified atom stereocenters. The lowest BCUT2D eigenvalue weighted by Gasteiger charge is -2.17. The molecule has 2 rings (SSSR count). The number of carbonyl (C=O) groups excluding carboxylic acids is 1. The summed E-state index contributed by atoms with van der Waals surface area (Å²) >= 11 is 0. The first-order chi connectivity index (χ1) is 9.19. The second-order valence-electron chi connectivity index (χ2n) is 4.60. The molecule has 1 amide bonds. The highest BCUT2D eigenvalue weighted by atomic mass is 35.5. The molecule has 112 valence electrons. The van der Waals surface area contributed by atoms with Gasteiger partial charge in [-0.15, -0.1) is 12.4 Å². The number of ether oxygens (including phenoxy) is 2. The number of likely N-dealkylation sites (N-methyl/N-ethyl adjacent to an activating group) is 1. The molecule has 0 radical (unpaired) electrons. The number of halogens is 1. The van der Waals surface area contributed by atoms with E-state index in [4.69, 9.17) is 9.47 Å². The Morgan fingerprint density at radius 2 is 2.00 bits per heavy atom. The van der Waals surface area contributed by atoms with Gasteiger partial charge in [-0.1, -0.05) is 0 Å². The van der Waals surface area contributed by atoms with Gasteiger partial charge in [0.25, 0.3) is 5.91 Å². The van der Waals surface area contributed by atoms with Crippen LogP contribution >= 0.6 is 12.4 Å². The third-order valence-electron chi connectivity index (χ3n) is 3.51. The van der Waals surface area contributed by atoms with Gasteiger partial charge in [-0.25, -0.2) is 0 Å². The third-order valence-corrected chi connectivity index (χ3v) is 3.51. The smallest absolute Gasteiger partial charge is 0.254 e. The largest absolute Gasteiger partial charge is 0.493 e. The molecule has 0 spiro atoms. The fourth-order valence-electron chi connectivity index (χ4n) is 2.33. The van der Waals surface area contributed by atoms with Gasteiger partial charge >= 0.3 is 0 Å². The van der Waals surface area contributed by atoms with Gasteiger partial charge < -0.3 is 19.7 Å². The fraction of sp³-hybridized carbons (Fsp3) is 0.500. The van der Waals surface area contributed by atoms with Crippen molar-refractivity contribution in [3.63, 3.8) is 0 Å². The molecule has 0 aliphatic carbocycles. The Hall–Kier alpha value is -1.46. The predicted molar refractivity (Wildman–Crippen MR) is 80.2 cm³/mol. The molecule has 0 bridgehead atoms. The van der Waals surface area contributed by atoms with Crippen molar-refractivity contribution in [1.29, 1.82) is 0 Å². The first-order valence-corrected chi connectivity index (χ1v) is 6.38. The van der Waals surface area contributed by atoms with E-state index in [0.717, 1.165) is 19.5 Å². The number of rotatable bonds is 4. The fourth-order valence-corrected chi connectivity index (χ4v) is 2.33. The summed E-state index contributed by atoms with van der Waals surface area (Å²) in [6, 6.07) is 5.66. The summed E-state index contributed by atoms with van der Waals surface area (Å²) in [4.78, 5) is 14.2. The SMILES string of the molecule is CNC1CCN(C(=O)c2ccc(OC)c(OC)c2)C1.Cl. The highest BCUT2D eigenvalue weighted by Gasteiger charge is 2.26. The molecule has 1 aromatic carbocycles. The minimum Gasteiger partial charge on any atom is -0.493 e. The zero-order chi connectivity index (χ0) is 13.8. The van der Waals surface area contributed by atoms with Gasteiger partial charge in [0.05, 0.1) is 14.2 Å². The maximum absolute atomic E-state index is 12.4. The predicted octanol–water partition coefficient (Wildman–Crippen LogP) is 1.56. The van der Waals surface area contributed by atoms with Gasteiger partial charge in [0, 0.05) is 24.7 Å². The third kappa shape index (κ3) is 3.35. The number of methoxy groups -OCH3 is 2. The van der Waals surface area contributed by atoms with Crippen molar-refractivity contribution < 1.29 is 14.3 Å². The van der Waals surface area contributed by atoms with E-state index in [2.05, 4.69) is 5.32 Å². The monoisotopic (exact) mass is 300 g/mol. The van der Waals surface area contributed by atoms with Crippen LogP contribution in [0.1, 0.15) is 16.8 Å². The molecule has 1 N–H and O–H groups in total. The Kier molecular flexibility index (Phi) is 6.10. The molecule has 5 nitrogen and oxygen atoms in total. The Morgan fingerprint density at radius 3 is 2.55 bits per heavy atom. The number of hydrogen-bond acceptors (Lipinski definition) is 4. The van der Waals surface area contributed by atoms with Crippen molar-refractivity contribution in [1.82, 2.24) is 10.2 Å². The Balaban J connectivity index is 0.00000200. The van der Waals surface area contributed by atoms with Crippen LogP contribution in [0.4, 0.5) is 0 Å². The summed E-state index contributed by atoms with van der Waals surface area (Å²) < 4.78 is 10.4. The topological polar surface area (TPSA) is 50.8 Å². The van der Waals surface area contributed by atoms with Crippen LogP contribution in [-0.2, 0) is 0 Å². The van der Waals surface area contributed by atoms with Crippen molar-refractivity contribution in [2.75, 3.05) is 34.4 Å². The van der Waals surface area contributed by atoms with Crippen LogP contribution in [0.25, 0.3) is 0 Å². The molecule has 1 heterocycles. The van der Waals surface area contributed by atoms with E-state index in [1.54, 1.807) is 32.4 Å². The number of nitrogens with one attached hydrogen (secondary N) is 1. The molecule has 6 heteroatoms. The molecule has 1 saturated heterocycles. The van der Waals surface area contributed by atoms with Crippen LogP contribution in [0.3, 0.4) is 0 Å². The molecule has 20 heavy (non-hydrogen) atoms. The van der Waals surface area contributed by atoms with E-state index in [1.807, 2.05) is 11.9 Å². The van der Waals surface area contributed by atoms with E-state index in [9.17, 15) is 4.79 Å². The normalized spacial score (nSPS) is 17.6. The van der Waals surface area contributed by atoms with E-state index >= 15 is 0 Å². The summed E-state index contributed by atoms with van der Waals surface area (Å²) in [7, 11) is 5.07. The lowest BCUT2D eigenvalue weighted by molar-refractivity contribution is 0.0789. The molecule has 1 aromatic rings. The van der Waals surface area contributed by atoms with Crippen molar-refractivity contribution in [3.05, 3.63) is 23.8 Å². The highest BCUT2D eigenvalue weighted by Crippen LogP contribution is 2.28. The van der Waals surface area contributed by atoms with E-state index in [-0.39, 0.29) is 18.3 Å². The van der Waals surface area contributed by atoms with E-state index in [0.29, 0.717) is 23.1 Å². The summed E-state index contributed by atoms with van der Waals surface area (Å²) in [5.41, 5.74) is 0.634. The van der Waals surface area contributed by atoms with E-state index in [1.165, 1.54) is 0 Å². The van der Waals surface area contributed by atoms with Crippen molar-refractivity contribution in [2.45, 2.75) is 12.5 Å². The minimum absolute atomic E-state index is 0. The molecular weight excluding hydrogens is 280 g/mol. The first kappa shape index (κ1) is 16.6.